The van der Waals surface area contributed by atoms with Gasteiger partial charge in [-0.05, 0) is 45.1 Å². The van der Waals surface area contributed by atoms with Gasteiger partial charge in [0.25, 0.3) is 0 Å². The Bertz CT molecular complexity index is 902. The maximum atomic E-state index is 15.5. The van der Waals surface area contributed by atoms with Gasteiger partial charge in [0.2, 0.25) is 0 Å². The van der Waals surface area contributed by atoms with Gasteiger partial charge in [0.15, 0.2) is 5.78 Å². The molecule has 1 aromatic rings. The average molecular weight is 418 g/mol. The Balaban J connectivity index is 1.71. The topological polar surface area (TPSA) is 90.3 Å². The van der Waals surface area contributed by atoms with Crippen LogP contribution in [0.3, 0.4) is 0 Å². The summed E-state index contributed by atoms with van der Waals surface area (Å²) in [6, 6.07) is 1.31. The molecular weight excluding hydrogens is 391 g/mol. The minimum Gasteiger partial charge on any atom is -0.465 e. The molecule has 30 heavy (non-hydrogen) atoms. The molecule has 7 nitrogen and oxygen atoms in total. The normalized spacial score (nSPS) is 30.5. The number of ketones is 1. The fraction of sp³-hybridized carbons (Fsp3) is 0.636. The number of fused-ring (bicyclic) bond motifs is 5. The fourth-order valence-corrected chi connectivity index (χ4v) is 5.39. The Morgan fingerprint density at radius 3 is 2.67 bits per heavy atom. The number of esters is 1. The molecule has 1 saturated heterocycles. The summed E-state index contributed by atoms with van der Waals surface area (Å²) in [4.78, 5) is 29.6. The van der Waals surface area contributed by atoms with Crippen LogP contribution >= 0.6 is 0 Å². The number of nitrogens with zero attached hydrogens (tertiary/aromatic N) is 2. The molecule has 4 aliphatic rings. The van der Waals surface area contributed by atoms with Crippen molar-refractivity contribution in [1.29, 1.82) is 0 Å². The molecule has 1 aliphatic carbocycles. The third-order valence-corrected chi connectivity index (χ3v) is 6.91. The number of aliphatic hydroxyl groups is 2. The molecule has 3 aliphatic heterocycles. The van der Waals surface area contributed by atoms with Crippen LogP contribution in [0.15, 0.2) is 6.07 Å². The number of aliphatic hydroxyl groups excluding tert-OH is 2. The largest absolute Gasteiger partial charge is 0.465 e. The zero-order valence-electron chi connectivity index (χ0n) is 17.0. The van der Waals surface area contributed by atoms with Crippen LogP contribution in [0.4, 0.5) is 15.8 Å². The quantitative estimate of drug-likeness (QED) is 0.573. The highest BCUT2D eigenvalue weighted by molar-refractivity contribution is 6.14. The van der Waals surface area contributed by atoms with Crippen molar-refractivity contribution in [2.24, 2.45) is 5.92 Å². The summed E-state index contributed by atoms with van der Waals surface area (Å²) in [7, 11) is 0. The first kappa shape index (κ1) is 19.8. The highest BCUT2D eigenvalue weighted by Gasteiger charge is 2.48. The van der Waals surface area contributed by atoms with Crippen molar-refractivity contribution in [3.05, 3.63) is 23.0 Å². The minimum absolute atomic E-state index is 0.0376. The van der Waals surface area contributed by atoms with Gasteiger partial charge in [0, 0.05) is 36.3 Å². The maximum Gasteiger partial charge on any atom is 0.318 e. The summed E-state index contributed by atoms with van der Waals surface area (Å²) in [5.74, 6) is -2.68. The second-order valence-corrected chi connectivity index (χ2v) is 8.81. The highest BCUT2D eigenvalue weighted by atomic mass is 19.1. The van der Waals surface area contributed by atoms with Gasteiger partial charge < -0.3 is 24.7 Å². The molecule has 0 bridgehead atoms. The minimum atomic E-state index is -1.29. The van der Waals surface area contributed by atoms with Crippen molar-refractivity contribution in [3.63, 3.8) is 0 Å². The molecule has 0 spiro atoms. The molecule has 0 aromatic heterocycles. The number of halogens is 1. The van der Waals surface area contributed by atoms with Gasteiger partial charge in [0.1, 0.15) is 17.8 Å². The zero-order valence-corrected chi connectivity index (χ0v) is 17.0. The number of ether oxygens (including phenoxy) is 1. The van der Waals surface area contributed by atoms with Crippen molar-refractivity contribution in [3.8, 4) is 0 Å². The Labute approximate surface area is 174 Å². The summed E-state index contributed by atoms with van der Waals surface area (Å²) in [5.41, 5.74) is 1.18. The Morgan fingerprint density at radius 1 is 1.20 bits per heavy atom. The smallest absolute Gasteiger partial charge is 0.318 e. The van der Waals surface area contributed by atoms with Gasteiger partial charge >= 0.3 is 5.97 Å². The van der Waals surface area contributed by atoms with Crippen molar-refractivity contribution in [2.75, 3.05) is 29.5 Å². The first-order chi connectivity index (χ1) is 14.4. The number of hydrogen-bond donors (Lipinski definition) is 2. The van der Waals surface area contributed by atoms with Crippen molar-refractivity contribution in [1.82, 2.24) is 0 Å². The summed E-state index contributed by atoms with van der Waals surface area (Å²) < 4.78 is 20.5. The summed E-state index contributed by atoms with van der Waals surface area (Å²) >= 11 is 0. The van der Waals surface area contributed by atoms with Gasteiger partial charge in [-0.3, -0.25) is 9.59 Å². The molecule has 2 fully saturated rings. The molecule has 162 valence electrons. The molecule has 5 rings (SSSR count). The van der Waals surface area contributed by atoms with Crippen molar-refractivity contribution in [2.45, 2.75) is 63.3 Å². The molecule has 3 heterocycles. The Morgan fingerprint density at radius 2 is 1.97 bits per heavy atom. The van der Waals surface area contributed by atoms with Crippen LogP contribution in [-0.4, -0.2) is 59.8 Å². The zero-order chi connectivity index (χ0) is 21.2. The second kappa shape index (κ2) is 7.20. The lowest BCUT2D eigenvalue weighted by Crippen LogP contribution is -2.45. The molecule has 4 unspecified atom stereocenters. The van der Waals surface area contributed by atoms with E-state index in [-0.39, 0.29) is 30.8 Å². The van der Waals surface area contributed by atoms with E-state index in [2.05, 4.69) is 0 Å². The van der Waals surface area contributed by atoms with E-state index in [4.69, 9.17) is 4.74 Å². The van der Waals surface area contributed by atoms with Crippen LogP contribution < -0.4 is 9.80 Å². The lowest BCUT2D eigenvalue weighted by atomic mass is 9.85. The predicted molar refractivity (Wildman–Crippen MR) is 107 cm³/mol. The van der Waals surface area contributed by atoms with Gasteiger partial charge in [-0.25, -0.2) is 4.39 Å². The SMILES string of the molecule is CCOC(=O)C1CN(C2CC2)c2c(cc(F)c3c2C(O)C(O)CC2CCCN32)C1=O. The highest BCUT2D eigenvalue weighted by Crippen LogP contribution is 2.50. The van der Waals surface area contributed by atoms with E-state index < -0.39 is 35.7 Å². The van der Waals surface area contributed by atoms with E-state index >= 15 is 4.39 Å². The van der Waals surface area contributed by atoms with E-state index in [1.807, 2.05) is 9.80 Å². The van der Waals surface area contributed by atoms with Gasteiger partial charge in [-0.2, -0.15) is 0 Å². The molecule has 0 amide bonds. The van der Waals surface area contributed by atoms with E-state index in [0.717, 1.165) is 25.7 Å². The summed E-state index contributed by atoms with van der Waals surface area (Å²) in [6.45, 7) is 2.65. The van der Waals surface area contributed by atoms with Crippen LogP contribution in [0.25, 0.3) is 0 Å². The van der Waals surface area contributed by atoms with Crippen LogP contribution in [0.2, 0.25) is 0 Å². The predicted octanol–water partition coefficient (Wildman–Crippen LogP) is 1.94. The summed E-state index contributed by atoms with van der Waals surface area (Å²) in [6.07, 6.45) is 1.55. The van der Waals surface area contributed by atoms with Crippen LogP contribution in [0.5, 0.6) is 0 Å². The van der Waals surface area contributed by atoms with E-state index in [0.29, 0.717) is 29.9 Å². The number of Topliss-reactive ketones (excluding diaryl/α,β-unsaturated/α-hetero) is 1. The molecule has 8 heteroatoms. The first-order valence-corrected chi connectivity index (χ1v) is 10.9. The van der Waals surface area contributed by atoms with E-state index in [9.17, 15) is 19.8 Å². The lowest BCUT2D eigenvalue weighted by molar-refractivity contribution is -0.145. The number of carbonyl (C=O) groups excluding carboxylic acids is 2. The molecule has 1 aromatic carbocycles. The van der Waals surface area contributed by atoms with Gasteiger partial charge in [0.05, 0.1) is 24.1 Å². The van der Waals surface area contributed by atoms with Crippen LogP contribution in [-0.2, 0) is 9.53 Å². The number of carbonyl (C=O) groups is 2. The third-order valence-electron chi connectivity index (χ3n) is 6.91. The number of hydrogen-bond acceptors (Lipinski definition) is 7. The maximum absolute atomic E-state index is 15.5. The first-order valence-electron chi connectivity index (χ1n) is 10.9. The third kappa shape index (κ3) is 2.92. The molecule has 1 saturated carbocycles. The van der Waals surface area contributed by atoms with Crippen molar-refractivity contribution >= 4 is 23.1 Å². The molecular formula is C22H27FN2O5. The lowest BCUT2D eigenvalue weighted by Gasteiger charge is -2.38. The van der Waals surface area contributed by atoms with E-state index in [1.54, 1.807) is 6.92 Å². The monoisotopic (exact) mass is 418 g/mol. The standard InChI is InChI=1S/C22H27FN2O5/c1-2-30-22(29)14-10-25(11-5-6-11)18-13(20(14)27)9-15(23)19-17(18)21(28)16(26)8-12-4-3-7-24(12)19/h9,11-12,14,16,21,26,28H,2-8,10H2,1H3. The molecule has 0 radical (unpaired) electrons. The summed E-state index contributed by atoms with van der Waals surface area (Å²) in [5, 5.41) is 21.7. The van der Waals surface area contributed by atoms with Gasteiger partial charge in [-0.15, -0.1) is 0 Å². The number of anilines is 2. The van der Waals surface area contributed by atoms with Gasteiger partial charge in [-0.1, -0.05) is 0 Å². The Kier molecular flexibility index (Phi) is 4.74. The number of rotatable bonds is 3. The second-order valence-electron chi connectivity index (χ2n) is 8.81. The van der Waals surface area contributed by atoms with Crippen LogP contribution in [0.1, 0.15) is 61.1 Å². The van der Waals surface area contributed by atoms with E-state index in [1.165, 1.54) is 6.07 Å². The van der Waals surface area contributed by atoms with Crippen molar-refractivity contribution < 1.29 is 28.9 Å². The molecule has 2 N–H and O–H groups in total. The molecule has 4 atom stereocenters. The van der Waals surface area contributed by atoms with Crippen LogP contribution in [0, 0.1) is 11.7 Å². The Hall–Kier alpha value is -2.19. The fourth-order valence-electron chi connectivity index (χ4n) is 5.39. The average Bonchev–Trinajstić information content (AvgIpc) is 3.47. The number of benzene rings is 1.